The van der Waals surface area contributed by atoms with Crippen molar-refractivity contribution in [2.75, 3.05) is 18.5 Å². The van der Waals surface area contributed by atoms with Crippen molar-refractivity contribution in [3.63, 3.8) is 0 Å². The van der Waals surface area contributed by atoms with E-state index in [9.17, 15) is 4.39 Å². The van der Waals surface area contributed by atoms with Crippen molar-refractivity contribution >= 4 is 5.69 Å². The third kappa shape index (κ3) is 4.05. The molecule has 0 saturated carbocycles. The molecule has 0 aliphatic rings. The summed E-state index contributed by atoms with van der Waals surface area (Å²) >= 11 is 0. The van der Waals surface area contributed by atoms with E-state index in [-0.39, 0.29) is 11.9 Å². The minimum absolute atomic E-state index is 0.182. The van der Waals surface area contributed by atoms with Crippen molar-refractivity contribution in [2.45, 2.75) is 25.3 Å². The molecule has 0 bridgehead atoms. The molecule has 112 valence electrons. The monoisotopic (exact) mass is 286 g/mol. The van der Waals surface area contributed by atoms with Crippen LogP contribution in [0.4, 0.5) is 10.1 Å². The highest BCUT2D eigenvalue weighted by Crippen LogP contribution is 2.25. The van der Waals surface area contributed by atoms with Gasteiger partial charge in [0.15, 0.2) is 0 Å². The Morgan fingerprint density at radius 3 is 2.43 bits per heavy atom. The van der Waals surface area contributed by atoms with Crippen LogP contribution in [0.3, 0.4) is 0 Å². The summed E-state index contributed by atoms with van der Waals surface area (Å²) in [5.74, 6) is 0.196. The van der Waals surface area contributed by atoms with Crippen molar-refractivity contribution < 1.29 is 4.39 Å². The number of hydrogen-bond acceptors (Lipinski definition) is 2. The number of likely N-dealkylation sites (N-methyl/N-ethyl adjacent to an activating group) is 1. The topological polar surface area (TPSA) is 29.3 Å². The van der Waals surface area contributed by atoms with E-state index in [4.69, 9.17) is 5.73 Å². The Bertz CT molecular complexity index is 556. The van der Waals surface area contributed by atoms with E-state index >= 15 is 0 Å². The third-order valence-corrected chi connectivity index (χ3v) is 4.03. The van der Waals surface area contributed by atoms with Gasteiger partial charge in [0.05, 0.1) is 0 Å². The lowest BCUT2D eigenvalue weighted by Gasteiger charge is -2.31. The Kier molecular flexibility index (Phi) is 5.34. The Labute approximate surface area is 126 Å². The van der Waals surface area contributed by atoms with Gasteiger partial charge in [-0.25, -0.2) is 4.39 Å². The van der Waals surface area contributed by atoms with Crippen LogP contribution in [0.15, 0.2) is 54.6 Å². The molecule has 0 saturated heterocycles. The number of nitrogens with zero attached hydrogens (tertiary/aromatic N) is 1. The Hall–Kier alpha value is -1.87. The van der Waals surface area contributed by atoms with Crippen LogP contribution in [0.1, 0.15) is 24.8 Å². The van der Waals surface area contributed by atoms with Crippen LogP contribution >= 0.6 is 0 Å². The number of nitrogens with two attached hydrogens (primary N) is 1. The molecule has 2 nitrogen and oxygen atoms in total. The Morgan fingerprint density at radius 1 is 1.10 bits per heavy atom. The molecule has 2 atom stereocenters. The fourth-order valence-corrected chi connectivity index (χ4v) is 2.64. The zero-order valence-corrected chi connectivity index (χ0v) is 12.7. The molecule has 0 spiro atoms. The summed E-state index contributed by atoms with van der Waals surface area (Å²) < 4.78 is 13.4. The zero-order valence-electron chi connectivity index (χ0n) is 12.7. The van der Waals surface area contributed by atoms with Gasteiger partial charge in [-0.3, -0.25) is 0 Å². The minimum atomic E-state index is -0.216. The van der Waals surface area contributed by atoms with Gasteiger partial charge in [-0.05, 0) is 36.1 Å². The number of rotatable bonds is 6. The summed E-state index contributed by atoms with van der Waals surface area (Å²) in [7, 11) is 1.98. The van der Waals surface area contributed by atoms with E-state index < -0.39 is 0 Å². The van der Waals surface area contributed by atoms with Crippen molar-refractivity contribution in [1.29, 1.82) is 0 Å². The summed E-state index contributed by atoms with van der Waals surface area (Å²) in [5, 5.41) is 0. The first-order valence-corrected chi connectivity index (χ1v) is 7.35. The van der Waals surface area contributed by atoms with E-state index in [1.807, 2.05) is 19.2 Å². The van der Waals surface area contributed by atoms with E-state index in [2.05, 4.69) is 36.1 Å². The molecule has 3 heteroatoms. The molecule has 2 aromatic carbocycles. The van der Waals surface area contributed by atoms with Crippen LogP contribution in [0.2, 0.25) is 0 Å². The van der Waals surface area contributed by atoms with E-state index in [0.29, 0.717) is 12.5 Å². The fourth-order valence-electron chi connectivity index (χ4n) is 2.64. The molecule has 0 fully saturated rings. The summed E-state index contributed by atoms with van der Waals surface area (Å²) in [6.07, 6.45) is 0.938. The maximum absolute atomic E-state index is 13.4. The van der Waals surface area contributed by atoms with E-state index in [1.54, 1.807) is 12.1 Å². The average molecular weight is 286 g/mol. The molecule has 0 heterocycles. The zero-order chi connectivity index (χ0) is 15.2. The summed E-state index contributed by atoms with van der Waals surface area (Å²) in [5.41, 5.74) is 8.12. The first kappa shape index (κ1) is 15.5. The normalized spacial score (nSPS) is 13.7. The molecule has 2 rings (SSSR count). The van der Waals surface area contributed by atoms with Gasteiger partial charge in [-0.1, -0.05) is 43.3 Å². The Morgan fingerprint density at radius 2 is 1.81 bits per heavy atom. The number of halogens is 1. The summed E-state index contributed by atoms with van der Waals surface area (Å²) in [6, 6.07) is 17.3. The fraction of sp³-hybridized carbons (Fsp3) is 0.333. The summed E-state index contributed by atoms with van der Waals surface area (Å²) in [4.78, 5) is 2.07. The standard InChI is InChI=1S/C18H23FN2/c1-14(15-7-4-3-5-8-15)11-18(13-20)21(2)17-10-6-9-16(19)12-17/h3-10,12,14,18H,11,13,20H2,1-2H3. The second-order valence-electron chi connectivity index (χ2n) is 5.53. The van der Waals surface area contributed by atoms with Crippen LogP contribution in [0, 0.1) is 5.82 Å². The predicted molar refractivity (Wildman–Crippen MR) is 87.1 cm³/mol. The van der Waals surface area contributed by atoms with Gasteiger partial charge in [0.25, 0.3) is 0 Å². The highest BCUT2D eigenvalue weighted by Gasteiger charge is 2.18. The maximum Gasteiger partial charge on any atom is 0.125 e. The van der Waals surface area contributed by atoms with Crippen LogP contribution in [0.5, 0.6) is 0 Å². The van der Waals surface area contributed by atoms with Crippen molar-refractivity contribution in [3.8, 4) is 0 Å². The van der Waals surface area contributed by atoms with Gasteiger partial charge in [0.1, 0.15) is 5.82 Å². The highest BCUT2D eigenvalue weighted by atomic mass is 19.1. The van der Waals surface area contributed by atoms with Gasteiger partial charge in [-0.2, -0.15) is 0 Å². The Balaban J connectivity index is 2.09. The lowest BCUT2D eigenvalue weighted by Crippen LogP contribution is -2.39. The predicted octanol–water partition coefficient (Wildman–Crippen LogP) is 3.78. The van der Waals surface area contributed by atoms with Crippen LogP contribution in [-0.4, -0.2) is 19.6 Å². The average Bonchev–Trinajstić information content (AvgIpc) is 2.52. The lowest BCUT2D eigenvalue weighted by atomic mass is 9.93. The molecule has 2 unspecified atom stereocenters. The molecule has 0 amide bonds. The quantitative estimate of drug-likeness (QED) is 0.875. The minimum Gasteiger partial charge on any atom is -0.370 e. The first-order chi connectivity index (χ1) is 10.1. The molecule has 2 aromatic rings. The largest absolute Gasteiger partial charge is 0.370 e. The number of anilines is 1. The highest BCUT2D eigenvalue weighted by molar-refractivity contribution is 5.46. The molecular weight excluding hydrogens is 263 g/mol. The smallest absolute Gasteiger partial charge is 0.125 e. The number of benzene rings is 2. The SMILES string of the molecule is CC(CC(CN)N(C)c1cccc(F)c1)c1ccccc1. The third-order valence-electron chi connectivity index (χ3n) is 4.03. The molecule has 0 aliphatic heterocycles. The van der Waals surface area contributed by atoms with Gasteiger partial charge in [0, 0.05) is 25.3 Å². The van der Waals surface area contributed by atoms with Crippen LogP contribution in [0.25, 0.3) is 0 Å². The van der Waals surface area contributed by atoms with Gasteiger partial charge in [-0.15, -0.1) is 0 Å². The number of hydrogen-bond donors (Lipinski definition) is 1. The first-order valence-electron chi connectivity index (χ1n) is 7.35. The van der Waals surface area contributed by atoms with Gasteiger partial charge < -0.3 is 10.6 Å². The molecular formula is C18H23FN2. The lowest BCUT2D eigenvalue weighted by molar-refractivity contribution is 0.534. The second-order valence-corrected chi connectivity index (χ2v) is 5.53. The van der Waals surface area contributed by atoms with E-state index in [1.165, 1.54) is 11.6 Å². The molecule has 21 heavy (non-hydrogen) atoms. The van der Waals surface area contributed by atoms with Crippen LogP contribution in [-0.2, 0) is 0 Å². The van der Waals surface area contributed by atoms with Gasteiger partial charge >= 0.3 is 0 Å². The molecule has 0 aliphatic carbocycles. The van der Waals surface area contributed by atoms with E-state index in [0.717, 1.165) is 12.1 Å². The molecule has 0 aromatic heterocycles. The van der Waals surface area contributed by atoms with Crippen molar-refractivity contribution in [1.82, 2.24) is 0 Å². The van der Waals surface area contributed by atoms with Crippen molar-refractivity contribution in [2.24, 2.45) is 5.73 Å². The second kappa shape index (κ2) is 7.23. The van der Waals surface area contributed by atoms with Gasteiger partial charge in [0.2, 0.25) is 0 Å². The summed E-state index contributed by atoms with van der Waals surface area (Å²) in [6.45, 7) is 2.75. The van der Waals surface area contributed by atoms with Crippen LogP contribution < -0.4 is 10.6 Å². The molecule has 0 radical (unpaired) electrons. The molecule has 2 N–H and O–H groups in total. The maximum atomic E-state index is 13.4. The van der Waals surface area contributed by atoms with Crippen molar-refractivity contribution in [3.05, 3.63) is 66.0 Å².